The predicted molar refractivity (Wildman–Crippen MR) is 88.3 cm³/mol. The van der Waals surface area contributed by atoms with Crippen LogP contribution in [0.15, 0.2) is 55.5 Å². The summed E-state index contributed by atoms with van der Waals surface area (Å²) in [5.41, 5.74) is 0.0228. The number of aromatic nitrogens is 2. The highest BCUT2D eigenvalue weighted by Crippen LogP contribution is 2.23. The van der Waals surface area contributed by atoms with Gasteiger partial charge in [0.05, 0.1) is 16.5 Å². The van der Waals surface area contributed by atoms with Crippen molar-refractivity contribution >= 4 is 38.6 Å². The van der Waals surface area contributed by atoms with Crippen molar-refractivity contribution in [2.45, 2.75) is 0 Å². The fourth-order valence-electron chi connectivity index (χ4n) is 2.09. The summed E-state index contributed by atoms with van der Waals surface area (Å²) < 4.78 is 0.791. The summed E-state index contributed by atoms with van der Waals surface area (Å²) >= 11 is 3.31. The minimum absolute atomic E-state index is 0.0685. The molecule has 0 aliphatic rings. The monoisotopic (exact) mass is 359 g/mol. The third-order valence-electron chi connectivity index (χ3n) is 3.14. The van der Waals surface area contributed by atoms with E-state index < -0.39 is 11.1 Å². The van der Waals surface area contributed by atoms with Gasteiger partial charge in [0.15, 0.2) is 0 Å². The van der Waals surface area contributed by atoms with Crippen molar-refractivity contribution in [3.63, 3.8) is 0 Å². The van der Waals surface area contributed by atoms with Crippen LogP contribution in [0, 0.1) is 0 Å². The largest absolute Gasteiger partial charge is 0.507 e. The third kappa shape index (κ3) is 2.58. The molecule has 0 unspecified atom stereocenters. The zero-order valence-electron chi connectivity index (χ0n) is 11.1. The molecule has 0 radical (unpaired) electrons. The average Bonchev–Trinajstić information content (AvgIpc) is 2.52. The van der Waals surface area contributed by atoms with E-state index in [1.165, 1.54) is 12.3 Å². The molecule has 6 nitrogen and oxygen atoms in total. The van der Waals surface area contributed by atoms with Crippen molar-refractivity contribution in [2.75, 3.05) is 0 Å². The van der Waals surface area contributed by atoms with Gasteiger partial charge in [-0.05, 0) is 30.3 Å². The van der Waals surface area contributed by atoms with Gasteiger partial charge in [-0.1, -0.05) is 22.0 Å². The van der Waals surface area contributed by atoms with Crippen LogP contribution in [0.4, 0.5) is 5.69 Å². The van der Waals surface area contributed by atoms with Crippen molar-refractivity contribution in [2.24, 2.45) is 4.99 Å². The number of hydrogen-bond donors (Lipinski definition) is 3. The van der Waals surface area contributed by atoms with Gasteiger partial charge < -0.3 is 5.11 Å². The summed E-state index contributed by atoms with van der Waals surface area (Å²) in [7, 11) is 0. The highest BCUT2D eigenvalue weighted by Gasteiger charge is 2.07. The number of benzene rings is 2. The van der Waals surface area contributed by atoms with E-state index in [4.69, 9.17) is 0 Å². The van der Waals surface area contributed by atoms with Crippen molar-refractivity contribution in [1.82, 2.24) is 10.2 Å². The summed E-state index contributed by atoms with van der Waals surface area (Å²) in [5, 5.41) is 14.8. The average molecular weight is 360 g/mol. The summed E-state index contributed by atoms with van der Waals surface area (Å²) in [6, 6.07) is 9.76. The first-order valence-corrected chi connectivity index (χ1v) is 7.12. The minimum atomic E-state index is -0.430. The number of nitrogens with one attached hydrogen (secondary N) is 2. The van der Waals surface area contributed by atoms with E-state index >= 15 is 0 Å². The standard InChI is InChI=1S/C15H10BrN3O3/c16-9-4-5-12(20)8(6-9)7-17-11-3-1-2-10-13(11)15(22)19-18-14(10)21/h1-7,20H,(H,18,21)(H,19,22). The Morgan fingerprint density at radius 3 is 2.68 bits per heavy atom. The number of hydrogen-bond acceptors (Lipinski definition) is 4. The molecule has 0 atom stereocenters. The third-order valence-corrected chi connectivity index (χ3v) is 3.63. The van der Waals surface area contributed by atoms with E-state index in [1.807, 2.05) is 0 Å². The van der Waals surface area contributed by atoms with Crippen LogP contribution in [0.5, 0.6) is 5.75 Å². The molecule has 7 heteroatoms. The van der Waals surface area contributed by atoms with Crippen LogP contribution in [0.1, 0.15) is 5.56 Å². The Morgan fingerprint density at radius 1 is 1.09 bits per heavy atom. The molecule has 2 aromatic carbocycles. The van der Waals surface area contributed by atoms with Gasteiger partial charge in [-0.2, -0.15) is 0 Å². The van der Waals surface area contributed by atoms with Crippen molar-refractivity contribution in [3.8, 4) is 5.75 Å². The van der Waals surface area contributed by atoms with Gasteiger partial charge in [0, 0.05) is 16.3 Å². The summed E-state index contributed by atoms with van der Waals surface area (Å²) in [5.74, 6) is 0.0685. The Labute approximate surface area is 132 Å². The number of fused-ring (bicyclic) bond motifs is 1. The molecule has 0 spiro atoms. The lowest BCUT2D eigenvalue weighted by Crippen LogP contribution is -2.18. The van der Waals surface area contributed by atoms with Crippen LogP contribution in [-0.4, -0.2) is 21.5 Å². The first-order valence-electron chi connectivity index (χ1n) is 6.32. The lowest BCUT2D eigenvalue weighted by molar-refractivity contribution is 0.474. The molecular weight excluding hydrogens is 350 g/mol. The maximum atomic E-state index is 11.9. The van der Waals surface area contributed by atoms with Crippen LogP contribution in [0.25, 0.3) is 10.8 Å². The normalized spacial score (nSPS) is 11.3. The summed E-state index contributed by atoms with van der Waals surface area (Å²) in [4.78, 5) is 27.9. The molecule has 3 rings (SSSR count). The molecule has 0 saturated carbocycles. The highest BCUT2D eigenvalue weighted by molar-refractivity contribution is 9.10. The van der Waals surface area contributed by atoms with E-state index in [9.17, 15) is 14.7 Å². The number of nitrogens with zero attached hydrogens (tertiary/aromatic N) is 1. The number of aromatic hydroxyl groups is 1. The van der Waals surface area contributed by atoms with Gasteiger partial charge in [-0.25, -0.2) is 0 Å². The second kappa shape index (κ2) is 5.61. The van der Waals surface area contributed by atoms with Gasteiger partial charge in [0.25, 0.3) is 11.1 Å². The first kappa shape index (κ1) is 14.3. The van der Waals surface area contributed by atoms with E-state index in [0.29, 0.717) is 11.3 Å². The fraction of sp³-hybridized carbons (Fsp3) is 0. The molecule has 3 aromatic rings. The Balaban J connectivity index is 2.18. The number of aliphatic imine (C=N–C) groups is 1. The van der Waals surface area contributed by atoms with Crippen LogP contribution in [-0.2, 0) is 0 Å². The Morgan fingerprint density at radius 2 is 1.86 bits per heavy atom. The number of aromatic amines is 2. The van der Waals surface area contributed by atoms with Crippen LogP contribution in [0.2, 0.25) is 0 Å². The molecule has 0 saturated heterocycles. The zero-order chi connectivity index (χ0) is 15.7. The molecule has 1 aromatic heterocycles. The van der Waals surface area contributed by atoms with Gasteiger partial charge >= 0.3 is 0 Å². The van der Waals surface area contributed by atoms with Crippen LogP contribution >= 0.6 is 15.9 Å². The molecule has 22 heavy (non-hydrogen) atoms. The molecule has 3 N–H and O–H groups in total. The second-order valence-electron chi connectivity index (χ2n) is 4.57. The maximum Gasteiger partial charge on any atom is 0.272 e. The van der Waals surface area contributed by atoms with Crippen molar-refractivity contribution in [1.29, 1.82) is 0 Å². The fourth-order valence-corrected chi connectivity index (χ4v) is 2.47. The minimum Gasteiger partial charge on any atom is -0.507 e. The quantitative estimate of drug-likeness (QED) is 0.612. The second-order valence-corrected chi connectivity index (χ2v) is 5.48. The van der Waals surface area contributed by atoms with E-state index in [2.05, 4.69) is 31.1 Å². The number of rotatable bonds is 2. The van der Waals surface area contributed by atoms with Gasteiger partial charge in [-0.3, -0.25) is 24.8 Å². The van der Waals surface area contributed by atoms with Crippen molar-refractivity contribution < 1.29 is 5.11 Å². The van der Waals surface area contributed by atoms with Gasteiger partial charge in [-0.15, -0.1) is 0 Å². The van der Waals surface area contributed by atoms with Gasteiger partial charge in [0.1, 0.15) is 5.75 Å². The SMILES string of the molecule is O=c1[nH][nH]c(=O)c2c(N=Cc3cc(Br)ccc3O)cccc12. The van der Waals surface area contributed by atoms with Crippen molar-refractivity contribution in [3.05, 3.63) is 67.1 Å². The molecule has 0 bridgehead atoms. The van der Waals surface area contributed by atoms with E-state index in [0.717, 1.165) is 4.47 Å². The zero-order valence-corrected chi connectivity index (χ0v) is 12.7. The smallest absolute Gasteiger partial charge is 0.272 e. The molecule has 110 valence electrons. The van der Waals surface area contributed by atoms with Crippen LogP contribution < -0.4 is 11.1 Å². The maximum absolute atomic E-state index is 11.9. The predicted octanol–water partition coefficient (Wildman–Crippen LogP) is 2.44. The molecule has 0 aliphatic heterocycles. The Kier molecular flexibility index (Phi) is 3.64. The lowest BCUT2D eigenvalue weighted by atomic mass is 10.1. The topological polar surface area (TPSA) is 98.3 Å². The number of H-pyrrole nitrogens is 2. The lowest BCUT2D eigenvalue weighted by Gasteiger charge is -2.01. The highest BCUT2D eigenvalue weighted by atomic mass is 79.9. The van der Waals surface area contributed by atoms with E-state index in [-0.39, 0.29) is 16.5 Å². The summed E-state index contributed by atoms with van der Waals surface area (Å²) in [6.45, 7) is 0. The molecule has 1 heterocycles. The molecule has 0 fully saturated rings. The number of phenolic OH excluding ortho intramolecular Hbond substituents is 1. The Hall–Kier alpha value is -2.67. The Bertz CT molecular complexity index is 1000. The molecule has 0 amide bonds. The van der Waals surface area contributed by atoms with E-state index in [1.54, 1.807) is 30.3 Å². The number of halogens is 1. The summed E-state index contributed by atoms with van der Waals surface area (Å²) in [6.07, 6.45) is 1.44. The molecule has 0 aliphatic carbocycles. The van der Waals surface area contributed by atoms with Crippen LogP contribution in [0.3, 0.4) is 0 Å². The number of phenols is 1. The molecular formula is C15H10BrN3O3. The first-order chi connectivity index (χ1) is 10.6. The van der Waals surface area contributed by atoms with Gasteiger partial charge in [0.2, 0.25) is 0 Å².